The third-order valence-electron chi connectivity index (χ3n) is 4.60. The standard InChI is InChI=1S/C23H21N3OS2/c1-14-9-16(3)22-18(10-14)15(2)11-21(26-22)28-13-20(27)25-23-24-19(12-29-23)17-7-5-4-6-8-17/h4-12H,13H2,1-3H3,(H,24,25,27). The fourth-order valence-electron chi connectivity index (χ4n) is 3.26. The first-order chi connectivity index (χ1) is 14.0. The predicted molar refractivity (Wildman–Crippen MR) is 123 cm³/mol. The summed E-state index contributed by atoms with van der Waals surface area (Å²) < 4.78 is 0. The van der Waals surface area contributed by atoms with Gasteiger partial charge in [-0.2, -0.15) is 0 Å². The molecule has 1 amide bonds. The number of thiazole rings is 1. The zero-order valence-electron chi connectivity index (χ0n) is 16.5. The average Bonchev–Trinajstić information content (AvgIpc) is 3.16. The number of aryl methyl sites for hydroxylation is 3. The smallest absolute Gasteiger partial charge is 0.236 e. The molecule has 0 radical (unpaired) electrons. The largest absolute Gasteiger partial charge is 0.301 e. The van der Waals surface area contributed by atoms with Gasteiger partial charge in [0.15, 0.2) is 5.13 Å². The molecule has 4 nitrogen and oxygen atoms in total. The van der Waals surface area contributed by atoms with Gasteiger partial charge in [0.1, 0.15) is 0 Å². The Morgan fingerprint density at radius 3 is 2.62 bits per heavy atom. The van der Waals surface area contributed by atoms with Crippen molar-refractivity contribution in [1.82, 2.24) is 9.97 Å². The van der Waals surface area contributed by atoms with Gasteiger partial charge in [-0.25, -0.2) is 9.97 Å². The first-order valence-electron chi connectivity index (χ1n) is 9.32. The minimum Gasteiger partial charge on any atom is -0.301 e. The molecule has 0 aliphatic heterocycles. The zero-order valence-corrected chi connectivity index (χ0v) is 18.2. The summed E-state index contributed by atoms with van der Waals surface area (Å²) in [4.78, 5) is 21.7. The number of pyridine rings is 1. The summed E-state index contributed by atoms with van der Waals surface area (Å²) in [5.74, 6) is 0.215. The number of amides is 1. The van der Waals surface area contributed by atoms with Gasteiger partial charge in [-0.05, 0) is 44.0 Å². The summed E-state index contributed by atoms with van der Waals surface area (Å²) >= 11 is 2.88. The highest BCUT2D eigenvalue weighted by molar-refractivity contribution is 7.99. The molecule has 1 N–H and O–H groups in total. The second-order valence-corrected chi connectivity index (χ2v) is 8.85. The lowest BCUT2D eigenvalue weighted by Crippen LogP contribution is -2.14. The monoisotopic (exact) mass is 419 g/mol. The van der Waals surface area contributed by atoms with Gasteiger partial charge in [-0.1, -0.05) is 53.7 Å². The number of rotatable bonds is 5. The second-order valence-electron chi connectivity index (χ2n) is 7.00. The van der Waals surface area contributed by atoms with Crippen molar-refractivity contribution in [2.75, 3.05) is 11.1 Å². The van der Waals surface area contributed by atoms with E-state index in [1.54, 1.807) is 0 Å². The molecule has 4 aromatic rings. The van der Waals surface area contributed by atoms with Crippen LogP contribution in [0.15, 0.2) is 58.9 Å². The van der Waals surface area contributed by atoms with Crippen molar-refractivity contribution in [2.45, 2.75) is 25.8 Å². The molecule has 0 aliphatic carbocycles. The molecular formula is C23H21N3OS2. The molecule has 146 valence electrons. The number of thioether (sulfide) groups is 1. The van der Waals surface area contributed by atoms with E-state index in [2.05, 4.69) is 49.3 Å². The predicted octanol–water partition coefficient (Wildman–Crippen LogP) is 6.01. The minimum absolute atomic E-state index is 0.0795. The number of hydrogen-bond acceptors (Lipinski definition) is 5. The molecule has 0 atom stereocenters. The van der Waals surface area contributed by atoms with E-state index in [1.807, 2.05) is 35.7 Å². The normalized spacial score (nSPS) is 11.0. The Kier molecular flexibility index (Phi) is 5.65. The van der Waals surface area contributed by atoms with Crippen molar-refractivity contribution in [3.05, 3.63) is 70.6 Å². The molecule has 6 heteroatoms. The van der Waals surface area contributed by atoms with Crippen LogP contribution >= 0.6 is 23.1 Å². The van der Waals surface area contributed by atoms with E-state index in [0.717, 1.165) is 27.4 Å². The molecule has 2 heterocycles. The molecule has 0 saturated heterocycles. The van der Waals surface area contributed by atoms with E-state index in [1.165, 1.54) is 39.6 Å². The van der Waals surface area contributed by atoms with Crippen LogP contribution in [-0.2, 0) is 4.79 Å². The van der Waals surface area contributed by atoms with Gasteiger partial charge in [-0.15, -0.1) is 11.3 Å². The van der Waals surface area contributed by atoms with Crippen LogP contribution in [0.4, 0.5) is 5.13 Å². The van der Waals surface area contributed by atoms with Crippen LogP contribution in [0.2, 0.25) is 0 Å². The molecule has 2 aromatic heterocycles. The summed E-state index contributed by atoms with van der Waals surface area (Å²) in [5, 5.41) is 7.50. The molecule has 0 saturated carbocycles. The Bertz CT molecular complexity index is 1190. The number of carbonyl (C=O) groups is 1. The molecule has 0 unspecified atom stereocenters. The molecule has 0 fully saturated rings. The fraction of sp³-hybridized carbons (Fsp3) is 0.174. The Morgan fingerprint density at radius 1 is 1.03 bits per heavy atom. The fourth-order valence-corrected chi connectivity index (χ4v) is 4.76. The van der Waals surface area contributed by atoms with Crippen molar-refractivity contribution in [2.24, 2.45) is 0 Å². The van der Waals surface area contributed by atoms with E-state index in [4.69, 9.17) is 4.98 Å². The Labute approximate surface area is 178 Å². The minimum atomic E-state index is -0.0795. The first-order valence-corrected chi connectivity index (χ1v) is 11.2. The van der Waals surface area contributed by atoms with Crippen molar-refractivity contribution in [3.63, 3.8) is 0 Å². The molecule has 29 heavy (non-hydrogen) atoms. The lowest BCUT2D eigenvalue weighted by atomic mass is 10.0. The molecular weight excluding hydrogens is 398 g/mol. The molecule has 0 bridgehead atoms. The second kappa shape index (κ2) is 8.35. The van der Waals surface area contributed by atoms with Crippen LogP contribution in [0, 0.1) is 20.8 Å². The van der Waals surface area contributed by atoms with Gasteiger partial charge in [0, 0.05) is 16.3 Å². The van der Waals surface area contributed by atoms with Crippen molar-refractivity contribution in [1.29, 1.82) is 0 Å². The average molecular weight is 420 g/mol. The van der Waals surface area contributed by atoms with Crippen molar-refractivity contribution < 1.29 is 4.79 Å². The van der Waals surface area contributed by atoms with E-state index >= 15 is 0 Å². The number of hydrogen-bond donors (Lipinski definition) is 1. The SMILES string of the molecule is Cc1cc(C)c2nc(SCC(=O)Nc3nc(-c4ccccc4)cs3)cc(C)c2c1. The highest BCUT2D eigenvalue weighted by Gasteiger charge is 2.11. The number of carbonyl (C=O) groups excluding carboxylic acids is 1. The van der Waals surface area contributed by atoms with Gasteiger partial charge >= 0.3 is 0 Å². The third-order valence-corrected chi connectivity index (χ3v) is 6.27. The summed E-state index contributed by atoms with van der Waals surface area (Å²) in [7, 11) is 0. The first kappa shape index (κ1) is 19.6. The maximum Gasteiger partial charge on any atom is 0.236 e. The lowest BCUT2D eigenvalue weighted by molar-refractivity contribution is -0.113. The summed E-state index contributed by atoms with van der Waals surface area (Å²) in [6.45, 7) is 6.27. The topological polar surface area (TPSA) is 54.9 Å². The maximum atomic E-state index is 12.4. The molecule has 2 aromatic carbocycles. The molecule has 4 rings (SSSR count). The lowest BCUT2D eigenvalue weighted by Gasteiger charge is -2.09. The van der Waals surface area contributed by atoms with Gasteiger partial charge in [0.05, 0.1) is 22.0 Å². The molecule has 0 aliphatic rings. The van der Waals surface area contributed by atoms with E-state index in [0.29, 0.717) is 10.9 Å². The number of benzene rings is 2. The van der Waals surface area contributed by atoms with Gasteiger partial charge < -0.3 is 5.32 Å². The zero-order chi connectivity index (χ0) is 20.4. The van der Waals surface area contributed by atoms with Crippen LogP contribution in [0.3, 0.4) is 0 Å². The Morgan fingerprint density at radius 2 is 1.83 bits per heavy atom. The van der Waals surface area contributed by atoms with Crippen LogP contribution in [0.1, 0.15) is 16.7 Å². The Hall–Kier alpha value is -2.70. The quantitative estimate of drug-likeness (QED) is 0.402. The highest BCUT2D eigenvalue weighted by Crippen LogP contribution is 2.28. The highest BCUT2D eigenvalue weighted by atomic mass is 32.2. The van der Waals surface area contributed by atoms with Crippen LogP contribution in [0.5, 0.6) is 0 Å². The molecule has 0 spiro atoms. The van der Waals surface area contributed by atoms with Crippen molar-refractivity contribution >= 4 is 45.0 Å². The van der Waals surface area contributed by atoms with E-state index in [-0.39, 0.29) is 5.91 Å². The summed E-state index contributed by atoms with van der Waals surface area (Å²) in [5.41, 5.74) is 6.49. The Balaban J connectivity index is 1.43. The van der Waals surface area contributed by atoms with E-state index < -0.39 is 0 Å². The maximum absolute atomic E-state index is 12.4. The number of aromatic nitrogens is 2. The van der Waals surface area contributed by atoms with Gasteiger partial charge in [0.2, 0.25) is 5.91 Å². The summed E-state index contributed by atoms with van der Waals surface area (Å²) in [6.07, 6.45) is 0. The van der Waals surface area contributed by atoms with Gasteiger partial charge in [-0.3, -0.25) is 4.79 Å². The van der Waals surface area contributed by atoms with Crippen LogP contribution < -0.4 is 5.32 Å². The number of anilines is 1. The van der Waals surface area contributed by atoms with Gasteiger partial charge in [0.25, 0.3) is 0 Å². The van der Waals surface area contributed by atoms with Crippen molar-refractivity contribution in [3.8, 4) is 11.3 Å². The number of nitrogens with zero attached hydrogens (tertiary/aromatic N) is 2. The van der Waals surface area contributed by atoms with E-state index in [9.17, 15) is 4.79 Å². The summed E-state index contributed by atoms with van der Waals surface area (Å²) in [6, 6.07) is 16.3. The number of nitrogens with one attached hydrogen (secondary N) is 1. The number of fused-ring (bicyclic) bond motifs is 1. The third kappa shape index (κ3) is 4.49. The van der Waals surface area contributed by atoms with Crippen LogP contribution in [0.25, 0.3) is 22.2 Å². The van der Waals surface area contributed by atoms with Crippen LogP contribution in [-0.4, -0.2) is 21.6 Å².